The van der Waals surface area contributed by atoms with E-state index in [1.165, 1.54) is 23.7 Å². The maximum absolute atomic E-state index is 12.3. The lowest BCUT2D eigenvalue weighted by molar-refractivity contribution is -0.391. The van der Waals surface area contributed by atoms with Crippen LogP contribution in [0, 0.1) is 16.0 Å². The smallest absolute Gasteiger partial charge is 0.323 e. The number of nitro groups is 1. The third-order valence-corrected chi connectivity index (χ3v) is 3.65. The zero-order valence-corrected chi connectivity index (χ0v) is 10.9. The van der Waals surface area contributed by atoms with Gasteiger partial charge in [0.25, 0.3) is 5.91 Å². The van der Waals surface area contributed by atoms with Gasteiger partial charge in [0.15, 0.2) is 5.69 Å². The minimum Gasteiger partial charge on any atom is -0.393 e. The highest BCUT2D eigenvalue weighted by atomic mass is 16.6. The third kappa shape index (κ3) is 2.46. The van der Waals surface area contributed by atoms with Crippen molar-refractivity contribution in [3.63, 3.8) is 0 Å². The van der Waals surface area contributed by atoms with E-state index in [2.05, 4.69) is 0 Å². The number of aliphatic hydroxyl groups is 1. The van der Waals surface area contributed by atoms with Gasteiger partial charge >= 0.3 is 5.82 Å². The summed E-state index contributed by atoms with van der Waals surface area (Å²) in [4.78, 5) is 24.2. The average Bonchev–Trinajstić information content (AvgIpc) is 2.74. The minimum absolute atomic E-state index is 0.0213. The number of hydrogen-bond donors (Lipinski definition) is 1. The topological polar surface area (TPSA) is 88.6 Å². The first-order valence-electron chi connectivity index (χ1n) is 6.19. The van der Waals surface area contributed by atoms with E-state index in [4.69, 9.17) is 0 Å². The number of piperidine rings is 1. The Kier molecular flexibility index (Phi) is 3.57. The Bertz CT molecular complexity index is 511. The zero-order chi connectivity index (χ0) is 14.2. The summed E-state index contributed by atoms with van der Waals surface area (Å²) in [6.45, 7) is 2.83. The first-order valence-corrected chi connectivity index (χ1v) is 6.19. The van der Waals surface area contributed by atoms with Crippen LogP contribution in [0.2, 0.25) is 0 Å². The maximum atomic E-state index is 12.3. The van der Waals surface area contributed by atoms with Gasteiger partial charge in [0.05, 0.1) is 13.2 Å². The van der Waals surface area contributed by atoms with E-state index in [0.29, 0.717) is 25.2 Å². The Labute approximate surface area is 110 Å². The van der Waals surface area contributed by atoms with E-state index in [-0.39, 0.29) is 23.7 Å². The molecular weight excluding hydrogens is 250 g/mol. The molecule has 1 aliphatic heterocycles. The molecule has 19 heavy (non-hydrogen) atoms. The summed E-state index contributed by atoms with van der Waals surface area (Å²) in [6, 6.07) is 2.80. The van der Waals surface area contributed by atoms with Gasteiger partial charge in [-0.3, -0.25) is 4.79 Å². The summed E-state index contributed by atoms with van der Waals surface area (Å²) in [5.41, 5.74) is 0.301. The largest absolute Gasteiger partial charge is 0.393 e. The molecule has 1 saturated heterocycles. The summed E-state index contributed by atoms with van der Waals surface area (Å²) >= 11 is 0. The molecule has 1 aromatic heterocycles. The second-order valence-corrected chi connectivity index (χ2v) is 4.98. The van der Waals surface area contributed by atoms with Crippen molar-refractivity contribution in [3.8, 4) is 0 Å². The molecule has 2 rings (SSSR count). The molecular formula is C12H17N3O4. The standard InChI is InChI=1S/C12H17N3O4/c1-8-7-14(6-5-10(8)16)12(17)9-3-4-11(13(9)2)15(18)19/h3-4,8,10,16H,5-7H2,1-2H3. The third-order valence-electron chi connectivity index (χ3n) is 3.65. The first kappa shape index (κ1) is 13.5. The van der Waals surface area contributed by atoms with Crippen LogP contribution in [0.4, 0.5) is 5.82 Å². The van der Waals surface area contributed by atoms with Crippen molar-refractivity contribution >= 4 is 11.7 Å². The van der Waals surface area contributed by atoms with Crippen LogP contribution < -0.4 is 0 Å². The Morgan fingerprint density at radius 2 is 2.21 bits per heavy atom. The Balaban J connectivity index is 2.18. The molecule has 7 heteroatoms. The molecule has 7 nitrogen and oxygen atoms in total. The maximum Gasteiger partial charge on any atom is 0.323 e. The first-order chi connectivity index (χ1) is 8.91. The Hall–Kier alpha value is -1.89. The van der Waals surface area contributed by atoms with E-state index in [1.807, 2.05) is 6.92 Å². The van der Waals surface area contributed by atoms with Gasteiger partial charge in [-0.05, 0) is 23.3 Å². The van der Waals surface area contributed by atoms with E-state index in [9.17, 15) is 20.0 Å². The van der Waals surface area contributed by atoms with Gasteiger partial charge in [0.2, 0.25) is 0 Å². The molecule has 104 valence electrons. The summed E-state index contributed by atoms with van der Waals surface area (Å²) in [6.07, 6.45) is 0.158. The van der Waals surface area contributed by atoms with Gasteiger partial charge in [-0.25, -0.2) is 4.57 Å². The van der Waals surface area contributed by atoms with Crippen LogP contribution in [0.5, 0.6) is 0 Å². The van der Waals surface area contributed by atoms with E-state index in [1.54, 1.807) is 4.90 Å². The van der Waals surface area contributed by atoms with Gasteiger partial charge < -0.3 is 20.1 Å². The number of hydrogen-bond acceptors (Lipinski definition) is 4. The molecule has 0 aromatic carbocycles. The summed E-state index contributed by atoms with van der Waals surface area (Å²) < 4.78 is 1.29. The van der Waals surface area contributed by atoms with Crippen LogP contribution in [0.15, 0.2) is 12.1 Å². The molecule has 2 atom stereocenters. The number of rotatable bonds is 2. The van der Waals surface area contributed by atoms with Crippen LogP contribution in [0.1, 0.15) is 23.8 Å². The van der Waals surface area contributed by atoms with Crippen molar-refractivity contribution in [1.82, 2.24) is 9.47 Å². The molecule has 0 saturated carbocycles. The number of aromatic nitrogens is 1. The Morgan fingerprint density at radius 3 is 2.74 bits per heavy atom. The van der Waals surface area contributed by atoms with E-state index in [0.717, 1.165) is 0 Å². The molecule has 1 fully saturated rings. The molecule has 1 amide bonds. The fraction of sp³-hybridized carbons (Fsp3) is 0.583. The molecule has 1 aromatic rings. The number of carbonyl (C=O) groups excluding carboxylic acids is 1. The van der Waals surface area contributed by atoms with Crippen LogP contribution in [-0.4, -0.2) is 44.6 Å². The molecule has 0 spiro atoms. The quantitative estimate of drug-likeness (QED) is 0.633. The lowest BCUT2D eigenvalue weighted by Crippen LogP contribution is -2.45. The van der Waals surface area contributed by atoms with Gasteiger partial charge in [-0.1, -0.05) is 6.92 Å². The summed E-state index contributed by atoms with van der Waals surface area (Å²) in [7, 11) is 1.51. The van der Waals surface area contributed by atoms with Crippen LogP contribution in [-0.2, 0) is 7.05 Å². The molecule has 2 heterocycles. The van der Waals surface area contributed by atoms with Crippen LogP contribution in [0.3, 0.4) is 0 Å². The van der Waals surface area contributed by atoms with Crippen molar-refractivity contribution in [2.24, 2.45) is 13.0 Å². The number of carbonyl (C=O) groups is 1. The highest BCUT2D eigenvalue weighted by Gasteiger charge is 2.31. The number of aliphatic hydroxyl groups excluding tert-OH is 1. The Morgan fingerprint density at radius 1 is 1.53 bits per heavy atom. The molecule has 2 unspecified atom stereocenters. The predicted octanol–water partition coefficient (Wildman–Crippen LogP) is 0.776. The van der Waals surface area contributed by atoms with E-state index >= 15 is 0 Å². The second-order valence-electron chi connectivity index (χ2n) is 4.98. The van der Waals surface area contributed by atoms with Gasteiger partial charge in [-0.2, -0.15) is 0 Å². The van der Waals surface area contributed by atoms with Gasteiger partial charge in [0.1, 0.15) is 0 Å². The fourth-order valence-electron chi connectivity index (χ4n) is 2.38. The highest BCUT2D eigenvalue weighted by molar-refractivity contribution is 5.93. The van der Waals surface area contributed by atoms with Gasteiger partial charge in [-0.15, -0.1) is 0 Å². The molecule has 0 bridgehead atoms. The van der Waals surface area contributed by atoms with Crippen molar-refractivity contribution in [2.75, 3.05) is 13.1 Å². The fourth-order valence-corrected chi connectivity index (χ4v) is 2.38. The van der Waals surface area contributed by atoms with Gasteiger partial charge in [0, 0.05) is 19.2 Å². The number of amides is 1. The van der Waals surface area contributed by atoms with Crippen LogP contribution in [0.25, 0.3) is 0 Å². The average molecular weight is 267 g/mol. The highest BCUT2D eigenvalue weighted by Crippen LogP contribution is 2.21. The van der Waals surface area contributed by atoms with E-state index < -0.39 is 4.92 Å². The van der Waals surface area contributed by atoms with Crippen molar-refractivity contribution in [3.05, 3.63) is 27.9 Å². The lowest BCUT2D eigenvalue weighted by Gasteiger charge is -2.33. The molecule has 1 aliphatic rings. The predicted molar refractivity (Wildman–Crippen MR) is 67.8 cm³/mol. The molecule has 0 aliphatic carbocycles. The van der Waals surface area contributed by atoms with Crippen LogP contribution >= 0.6 is 0 Å². The van der Waals surface area contributed by atoms with Crippen molar-refractivity contribution in [2.45, 2.75) is 19.4 Å². The summed E-state index contributed by atoms with van der Waals surface area (Å²) in [5.74, 6) is -0.309. The van der Waals surface area contributed by atoms with Crippen molar-refractivity contribution < 1.29 is 14.8 Å². The lowest BCUT2D eigenvalue weighted by atomic mass is 9.96. The SMILES string of the molecule is CC1CN(C(=O)c2ccc([N+](=O)[O-])n2C)CCC1O. The number of likely N-dealkylation sites (tertiary alicyclic amines) is 1. The minimum atomic E-state index is -0.515. The number of nitrogens with zero attached hydrogens (tertiary/aromatic N) is 3. The zero-order valence-electron chi connectivity index (χ0n) is 10.9. The van der Waals surface area contributed by atoms with Crippen molar-refractivity contribution in [1.29, 1.82) is 0 Å². The second kappa shape index (κ2) is 5.00. The molecule has 1 N–H and O–H groups in total. The molecule has 0 radical (unpaired) electrons. The normalized spacial score (nSPS) is 23.4. The monoisotopic (exact) mass is 267 g/mol. The summed E-state index contributed by atoms with van der Waals surface area (Å²) in [5, 5.41) is 20.4.